The van der Waals surface area contributed by atoms with Gasteiger partial charge in [0.25, 0.3) is 0 Å². The summed E-state index contributed by atoms with van der Waals surface area (Å²) in [6, 6.07) is 52.6. The van der Waals surface area contributed by atoms with Crippen molar-refractivity contribution in [1.29, 1.82) is 0 Å². The second-order valence-electron chi connectivity index (χ2n) is 11.5. The van der Waals surface area contributed by atoms with Gasteiger partial charge in [0.2, 0.25) is 0 Å². The molecule has 0 aliphatic rings. The van der Waals surface area contributed by atoms with Gasteiger partial charge in [0.15, 0.2) is 0 Å². The van der Waals surface area contributed by atoms with Gasteiger partial charge in [0, 0.05) is 27.2 Å². The lowest BCUT2D eigenvalue weighted by Crippen LogP contribution is -1.93. The van der Waals surface area contributed by atoms with Gasteiger partial charge in [-0.25, -0.2) is 0 Å². The van der Waals surface area contributed by atoms with E-state index in [1.165, 1.54) is 65.8 Å². The Kier molecular flexibility index (Phi) is 5.15. The Morgan fingerprint density at radius 3 is 1.88 bits per heavy atom. The average molecular weight is 550 g/mol. The molecule has 2 nitrogen and oxygen atoms in total. The van der Waals surface area contributed by atoms with Crippen LogP contribution in [-0.4, -0.2) is 4.57 Å². The molecule has 0 bridgehead atoms. The first-order chi connectivity index (χ1) is 21.2. The van der Waals surface area contributed by atoms with Gasteiger partial charge in [-0.05, 0) is 88.5 Å². The summed E-state index contributed by atoms with van der Waals surface area (Å²) in [5.41, 5.74) is 11.6. The number of hydrogen-bond acceptors (Lipinski definition) is 1. The Labute approximate surface area is 249 Å². The summed E-state index contributed by atoms with van der Waals surface area (Å²) in [4.78, 5) is 0. The molecule has 43 heavy (non-hydrogen) atoms. The Morgan fingerprint density at radius 1 is 0.442 bits per heavy atom. The molecule has 202 valence electrons. The maximum Gasteiger partial charge on any atom is 0.136 e. The minimum absolute atomic E-state index is 0.924. The third-order valence-corrected chi connectivity index (χ3v) is 8.86. The van der Waals surface area contributed by atoms with Crippen LogP contribution in [0.1, 0.15) is 5.56 Å². The van der Waals surface area contributed by atoms with Gasteiger partial charge in [0.05, 0.1) is 11.0 Å². The van der Waals surface area contributed by atoms with Crippen molar-refractivity contribution in [2.24, 2.45) is 0 Å². The third-order valence-electron chi connectivity index (χ3n) is 8.86. The predicted molar refractivity (Wildman–Crippen MR) is 181 cm³/mol. The first-order valence-electron chi connectivity index (χ1n) is 14.8. The molecule has 9 rings (SSSR count). The molecule has 0 aliphatic carbocycles. The molecular formula is C41H27NO. The smallest absolute Gasteiger partial charge is 0.136 e. The van der Waals surface area contributed by atoms with Crippen molar-refractivity contribution < 1.29 is 4.42 Å². The monoisotopic (exact) mass is 549 g/mol. The zero-order chi connectivity index (χ0) is 28.5. The van der Waals surface area contributed by atoms with E-state index in [1.54, 1.807) is 0 Å². The highest BCUT2D eigenvalue weighted by Crippen LogP contribution is 2.41. The van der Waals surface area contributed by atoms with E-state index in [0.717, 1.165) is 22.2 Å². The molecule has 2 heteroatoms. The fraction of sp³-hybridized carbons (Fsp3) is 0.0244. The molecule has 2 heterocycles. The van der Waals surface area contributed by atoms with E-state index in [4.69, 9.17) is 4.42 Å². The Bertz CT molecular complexity index is 2480. The van der Waals surface area contributed by atoms with E-state index in [0.29, 0.717) is 0 Å². The molecule has 2 aromatic heterocycles. The molecule has 0 spiro atoms. The maximum atomic E-state index is 6.25. The van der Waals surface area contributed by atoms with Crippen molar-refractivity contribution in [3.63, 3.8) is 0 Å². The van der Waals surface area contributed by atoms with Crippen molar-refractivity contribution in [3.05, 3.63) is 151 Å². The summed E-state index contributed by atoms with van der Waals surface area (Å²) in [7, 11) is 0. The quantitative estimate of drug-likeness (QED) is 0.214. The van der Waals surface area contributed by atoms with Gasteiger partial charge in [-0.3, -0.25) is 0 Å². The first-order valence-corrected chi connectivity index (χ1v) is 14.8. The summed E-state index contributed by atoms with van der Waals surface area (Å²) in [5.74, 6) is 0. The highest BCUT2D eigenvalue weighted by molar-refractivity contribution is 6.23. The van der Waals surface area contributed by atoms with Crippen molar-refractivity contribution >= 4 is 54.5 Å². The zero-order valence-corrected chi connectivity index (χ0v) is 23.7. The van der Waals surface area contributed by atoms with Gasteiger partial charge in [-0.15, -0.1) is 0 Å². The summed E-state index contributed by atoms with van der Waals surface area (Å²) < 4.78 is 8.65. The molecule has 0 fully saturated rings. The van der Waals surface area contributed by atoms with Crippen LogP contribution >= 0.6 is 0 Å². The summed E-state index contributed by atoms with van der Waals surface area (Å²) in [6.45, 7) is 2.13. The molecule has 0 saturated carbocycles. The van der Waals surface area contributed by atoms with E-state index >= 15 is 0 Å². The minimum atomic E-state index is 0.924. The summed E-state index contributed by atoms with van der Waals surface area (Å²) in [5, 5.41) is 7.24. The van der Waals surface area contributed by atoms with Crippen molar-refractivity contribution in [2.45, 2.75) is 6.92 Å². The Morgan fingerprint density at radius 2 is 1.09 bits per heavy atom. The normalized spacial score (nSPS) is 11.8. The standard InChI is InChI=1S/C41H27NO/c1-26-11-13-27(14-12-26)28-15-17-29(18-16-28)30-19-21-37-35(23-30)36-25-34-31(24-38(36)42(37)32-7-3-2-4-8-32)20-22-40-41(34)33-9-5-6-10-39(33)43-40/h2-25H,1H3. The van der Waals surface area contributed by atoms with Crippen LogP contribution < -0.4 is 0 Å². The van der Waals surface area contributed by atoms with E-state index in [-0.39, 0.29) is 0 Å². The topological polar surface area (TPSA) is 18.1 Å². The number of furan rings is 1. The molecule has 0 N–H and O–H groups in total. The van der Waals surface area contributed by atoms with Crippen LogP contribution in [0.25, 0.3) is 82.5 Å². The molecular weight excluding hydrogens is 522 g/mol. The number of nitrogens with zero attached hydrogens (tertiary/aromatic N) is 1. The van der Waals surface area contributed by atoms with Gasteiger partial charge < -0.3 is 8.98 Å². The lowest BCUT2D eigenvalue weighted by Gasteiger charge is -2.09. The van der Waals surface area contributed by atoms with E-state index in [1.807, 2.05) is 6.07 Å². The van der Waals surface area contributed by atoms with Gasteiger partial charge in [-0.2, -0.15) is 0 Å². The number of para-hydroxylation sites is 2. The number of fused-ring (bicyclic) bond motifs is 8. The lowest BCUT2D eigenvalue weighted by molar-refractivity contribution is 0.669. The van der Waals surface area contributed by atoms with Crippen molar-refractivity contribution in [2.75, 3.05) is 0 Å². The zero-order valence-electron chi connectivity index (χ0n) is 23.7. The van der Waals surface area contributed by atoms with Crippen LogP contribution in [0.4, 0.5) is 0 Å². The molecule has 0 unspecified atom stereocenters. The third kappa shape index (κ3) is 3.73. The number of rotatable bonds is 3. The van der Waals surface area contributed by atoms with Gasteiger partial charge >= 0.3 is 0 Å². The average Bonchev–Trinajstić information content (AvgIpc) is 3.60. The Balaban J connectivity index is 1.30. The molecule has 0 radical (unpaired) electrons. The fourth-order valence-corrected chi connectivity index (χ4v) is 6.70. The van der Waals surface area contributed by atoms with Crippen LogP contribution in [0.15, 0.2) is 150 Å². The number of aryl methyl sites for hydroxylation is 1. The van der Waals surface area contributed by atoms with E-state index in [2.05, 4.69) is 151 Å². The van der Waals surface area contributed by atoms with Crippen LogP contribution in [0, 0.1) is 6.92 Å². The second kappa shape index (κ2) is 9.20. The van der Waals surface area contributed by atoms with Crippen molar-refractivity contribution in [1.82, 2.24) is 4.57 Å². The molecule has 9 aromatic rings. The van der Waals surface area contributed by atoms with E-state index in [9.17, 15) is 0 Å². The molecule has 7 aromatic carbocycles. The lowest BCUT2D eigenvalue weighted by atomic mass is 9.98. The van der Waals surface area contributed by atoms with Crippen LogP contribution in [-0.2, 0) is 0 Å². The fourth-order valence-electron chi connectivity index (χ4n) is 6.70. The first kappa shape index (κ1) is 24.0. The van der Waals surface area contributed by atoms with Crippen molar-refractivity contribution in [3.8, 4) is 27.9 Å². The van der Waals surface area contributed by atoms with Gasteiger partial charge in [0.1, 0.15) is 11.2 Å². The highest BCUT2D eigenvalue weighted by atomic mass is 16.3. The van der Waals surface area contributed by atoms with Crippen LogP contribution in [0.5, 0.6) is 0 Å². The molecule has 0 atom stereocenters. The number of aromatic nitrogens is 1. The second-order valence-corrected chi connectivity index (χ2v) is 11.5. The molecule has 0 saturated heterocycles. The summed E-state index contributed by atoms with van der Waals surface area (Å²) in [6.07, 6.45) is 0. The van der Waals surface area contributed by atoms with E-state index < -0.39 is 0 Å². The molecule has 0 amide bonds. The number of benzene rings is 7. The highest BCUT2D eigenvalue weighted by Gasteiger charge is 2.17. The van der Waals surface area contributed by atoms with Crippen LogP contribution in [0.2, 0.25) is 0 Å². The minimum Gasteiger partial charge on any atom is -0.456 e. The van der Waals surface area contributed by atoms with Gasteiger partial charge in [-0.1, -0.05) is 103 Å². The predicted octanol–water partition coefficient (Wildman–Crippen LogP) is 11.5. The largest absolute Gasteiger partial charge is 0.456 e. The summed E-state index contributed by atoms with van der Waals surface area (Å²) >= 11 is 0. The van der Waals surface area contributed by atoms with Crippen LogP contribution in [0.3, 0.4) is 0 Å². The molecule has 0 aliphatic heterocycles. The Hall–Kier alpha value is -5.60. The SMILES string of the molecule is Cc1ccc(-c2ccc(-c3ccc4c(c3)c3cc5c(ccc6oc7ccccc7c65)cc3n4-c3ccccc3)cc2)cc1. The number of hydrogen-bond donors (Lipinski definition) is 0. The maximum absolute atomic E-state index is 6.25.